The number of carbonyl (C=O) groups excluding carboxylic acids is 1. The third kappa shape index (κ3) is 5.86. The van der Waals surface area contributed by atoms with Crippen LogP contribution in [0.5, 0.6) is 17.2 Å². The SMILES string of the molecule is CCN(CCNCc1ccc(O)c(O)c1O)C(=O)OC(C)(C)C. The van der Waals surface area contributed by atoms with Crippen LogP contribution >= 0.6 is 0 Å². The van der Waals surface area contributed by atoms with Crippen molar-refractivity contribution in [3.8, 4) is 17.2 Å². The first-order valence-electron chi connectivity index (χ1n) is 7.57. The van der Waals surface area contributed by atoms with Gasteiger partial charge in [-0.2, -0.15) is 0 Å². The first kappa shape index (κ1) is 18.9. The first-order chi connectivity index (χ1) is 10.7. The molecule has 0 fully saturated rings. The van der Waals surface area contributed by atoms with Crippen molar-refractivity contribution in [2.45, 2.75) is 39.8 Å². The number of nitrogens with zero attached hydrogens (tertiary/aromatic N) is 1. The van der Waals surface area contributed by atoms with Gasteiger partial charge in [0.15, 0.2) is 11.5 Å². The van der Waals surface area contributed by atoms with Crippen LogP contribution in [0.3, 0.4) is 0 Å². The molecule has 0 atom stereocenters. The zero-order valence-corrected chi connectivity index (χ0v) is 14.1. The summed E-state index contributed by atoms with van der Waals surface area (Å²) in [6.45, 7) is 9.09. The van der Waals surface area contributed by atoms with Crippen molar-refractivity contribution >= 4 is 6.09 Å². The smallest absolute Gasteiger partial charge is 0.410 e. The molecule has 0 heterocycles. The third-order valence-electron chi connectivity index (χ3n) is 3.12. The highest BCUT2D eigenvalue weighted by molar-refractivity contribution is 5.68. The fourth-order valence-corrected chi connectivity index (χ4v) is 1.90. The Hall–Kier alpha value is -2.15. The minimum absolute atomic E-state index is 0.297. The number of amides is 1. The van der Waals surface area contributed by atoms with Crippen LogP contribution in [0, 0.1) is 0 Å². The van der Waals surface area contributed by atoms with E-state index in [9.17, 15) is 20.1 Å². The topological polar surface area (TPSA) is 102 Å². The van der Waals surface area contributed by atoms with Crippen LogP contribution in [0.1, 0.15) is 33.3 Å². The van der Waals surface area contributed by atoms with Gasteiger partial charge in [0.25, 0.3) is 0 Å². The average molecular weight is 326 g/mol. The Morgan fingerprint density at radius 2 is 1.87 bits per heavy atom. The molecule has 1 amide bonds. The molecule has 0 saturated carbocycles. The van der Waals surface area contributed by atoms with Crippen molar-refractivity contribution in [1.29, 1.82) is 0 Å². The van der Waals surface area contributed by atoms with Crippen LogP contribution < -0.4 is 5.32 Å². The van der Waals surface area contributed by atoms with Gasteiger partial charge in [-0.1, -0.05) is 6.07 Å². The number of aromatic hydroxyl groups is 3. The highest BCUT2D eigenvalue weighted by atomic mass is 16.6. The van der Waals surface area contributed by atoms with Crippen LogP contribution in [0.4, 0.5) is 4.79 Å². The normalized spacial score (nSPS) is 11.3. The number of benzene rings is 1. The summed E-state index contributed by atoms with van der Waals surface area (Å²) < 4.78 is 5.31. The summed E-state index contributed by atoms with van der Waals surface area (Å²) >= 11 is 0. The predicted octanol–water partition coefficient (Wildman–Crippen LogP) is 2.15. The molecule has 0 aliphatic heterocycles. The quantitative estimate of drug-likeness (QED) is 0.472. The van der Waals surface area contributed by atoms with Crippen LogP contribution in [-0.2, 0) is 11.3 Å². The number of rotatable bonds is 6. The molecule has 7 nitrogen and oxygen atoms in total. The number of carbonyl (C=O) groups is 1. The highest BCUT2D eigenvalue weighted by Gasteiger charge is 2.20. The van der Waals surface area contributed by atoms with Gasteiger partial charge in [-0.15, -0.1) is 0 Å². The molecule has 1 aromatic carbocycles. The Balaban J connectivity index is 2.47. The monoisotopic (exact) mass is 326 g/mol. The van der Waals surface area contributed by atoms with E-state index in [-0.39, 0.29) is 17.6 Å². The van der Waals surface area contributed by atoms with Crippen molar-refractivity contribution in [2.24, 2.45) is 0 Å². The van der Waals surface area contributed by atoms with Gasteiger partial charge in [0, 0.05) is 31.7 Å². The van der Waals surface area contributed by atoms with E-state index >= 15 is 0 Å². The molecule has 0 aromatic heterocycles. The second-order valence-electron chi connectivity index (χ2n) is 6.18. The van der Waals surface area contributed by atoms with Gasteiger partial charge < -0.3 is 30.3 Å². The number of phenols is 3. The number of phenolic OH excluding ortho intramolecular Hbond substituents is 3. The molecule has 23 heavy (non-hydrogen) atoms. The minimum atomic E-state index is -0.534. The zero-order chi connectivity index (χ0) is 17.6. The van der Waals surface area contributed by atoms with Crippen LogP contribution in [0.15, 0.2) is 12.1 Å². The lowest BCUT2D eigenvalue weighted by Gasteiger charge is -2.26. The van der Waals surface area contributed by atoms with E-state index in [0.29, 0.717) is 31.7 Å². The molecule has 0 saturated heterocycles. The maximum atomic E-state index is 12.0. The number of hydrogen-bond acceptors (Lipinski definition) is 6. The van der Waals surface area contributed by atoms with Crippen LogP contribution in [0.25, 0.3) is 0 Å². The second-order valence-corrected chi connectivity index (χ2v) is 6.18. The fraction of sp³-hybridized carbons (Fsp3) is 0.562. The number of hydrogen-bond donors (Lipinski definition) is 4. The van der Waals surface area contributed by atoms with Gasteiger partial charge in [0.1, 0.15) is 5.60 Å². The Morgan fingerprint density at radius 1 is 1.22 bits per heavy atom. The lowest BCUT2D eigenvalue weighted by Crippen LogP contribution is -2.40. The molecular weight excluding hydrogens is 300 g/mol. The molecule has 1 aromatic rings. The summed E-state index contributed by atoms with van der Waals surface area (Å²) in [5, 5.41) is 31.5. The standard InChI is InChI=1S/C16H26N2O5/c1-5-18(15(22)23-16(2,3)4)9-8-17-10-11-6-7-12(19)14(21)13(11)20/h6-7,17,19-21H,5,8-10H2,1-4H3. The Kier molecular flexibility index (Phi) is 6.50. The summed E-state index contributed by atoms with van der Waals surface area (Å²) in [6.07, 6.45) is -0.369. The highest BCUT2D eigenvalue weighted by Crippen LogP contribution is 2.36. The van der Waals surface area contributed by atoms with E-state index < -0.39 is 11.4 Å². The Labute approximate surface area is 136 Å². The van der Waals surface area contributed by atoms with E-state index in [1.165, 1.54) is 12.1 Å². The minimum Gasteiger partial charge on any atom is -0.504 e. The molecule has 0 spiro atoms. The fourth-order valence-electron chi connectivity index (χ4n) is 1.90. The number of likely N-dealkylation sites (N-methyl/N-ethyl adjacent to an activating group) is 1. The van der Waals surface area contributed by atoms with Gasteiger partial charge in [-0.05, 0) is 33.8 Å². The maximum Gasteiger partial charge on any atom is 0.410 e. The van der Waals surface area contributed by atoms with E-state index in [1.807, 2.05) is 27.7 Å². The van der Waals surface area contributed by atoms with Gasteiger partial charge in [-0.3, -0.25) is 0 Å². The van der Waals surface area contributed by atoms with Crippen molar-refractivity contribution < 1.29 is 24.9 Å². The molecule has 4 N–H and O–H groups in total. The molecule has 130 valence electrons. The molecule has 0 bridgehead atoms. The molecule has 0 unspecified atom stereocenters. The molecule has 0 radical (unpaired) electrons. The molecule has 0 aliphatic carbocycles. The van der Waals surface area contributed by atoms with E-state index in [1.54, 1.807) is 4.90 Å². The summed E-state index contributed by atoms with van der Waals surface area (Å²) in [5.41, 5.74) is -0.0755. The zero-order valence-electron chi connectivity index (χ0n) is 14.1. The van der Waals surface area contributed by atoms with Gasteiger partial charge in [0.05, 0.1) is 0 Å². The van der Waals surface area contributed by atoms with E-state index in [0.717, 1.165) is 0 Å². The van der Waals surface area contributed by atoms with E-state index in [4.69, 9.17) is 4.74 Å². The largest absolute Gasteiger partial charge is 0.504 e. The lowest BCUT2D eigenvalue weighted by molar-refractivity contribution is 0.0262. The van der Waals surface area contributed by atoms with Crippen molar-refractivity contribution in [3.05, 3.63) is 17.7 Å². The second kappa shape index (κ2) is 7.92. The Bertz CT molecular complexity index is 540. The number of ether oxygens (including phenoxy) is 1. The maximum absolute atomic E-state index is 12.0. The van der Waals surface area contributed by atoms with E-state index in [2.05, 4.69) is 5.32 Å². The van der Waals surface area contributed by atoms with Crippen molar-refractivity contribution in [1.82, 2.24) is 10.2 Å². The summed E-state index contributed by atoms with van der Waals surface area (Å²) in [4.78, 5) is 13.5. The first-order valence-corrected chi connectivity index (χ1v) is 7.57. The summed E-state index contributed by atoms with van der Waals surface area (Å²) in [7, 11) is 0. The van der Waals surface area contributed by atoms with Crippen molar-refractivity contribution in [2.75, 3.05) is 19.6 Å². The summed E-state index contributed by atoms with van der Waals surface area (Å²) in [5.74, 6) is -1.25. The third-order valence-corrected chi connectivity index (χ3v) is 3.12. The van der Waals surface area contributed by atoms with Gasteiger partial charge in [0.2, 0.25) is 5.75 Å². The van der Waals surface area contributed by atoms with Crippen LogP contribution in [0.2, 0.25) is 0 Å². The number of nitrogens with one attached hydrogen (secondary N) is 1. The van der Waals surface area contributed by atoms with Crippen LogP contribution in [-0.4, -0.2) is 51.5 Å². The summed E-state index contributed by atoms with van der Waals surface area (Å²) in [6, 6.07) is 2.83. The molecule has 7 heteroatoms. The average Bonchev–Trinajstić information content (AvgIpc) is 2.45. The Morgan fingerprint density at radius 3 is 2.43 bits per heavy atom. The molecule has 0 aliphatic rings. The molecular formula is C16H26N2O5. The molecule has 1 rings (SSSR count). The van der Waals surface area contributed by atoms with Gasteiger partial charge in [-0.25, -0.2) is 4.79 Å². The van der Waals surface area contributed by atoms with Crippen molar-refractivity contribution in [3.63, 3.8) is 0 Å². The predicted molar refractivity (Wildman–Crippen MR) is 86.6 cm³/mol. The lowest BCUT2D eigenvalue weighted by atomic mass is 10.1. The van der Waals surface area contributed by atoms with Gasteiger partial charge >= 0.3 is 6.09 Å².